The fourth-order valence-electron chi connectivity index (χ4n) is 1.90. The molecule has 19 heavy (non-hydrogen) atoms. The number of aryl methyl sites for hydroxylation is 1. The van der Waals surface area contributed by atoms with Crippen molar-refractivity contribution in [2.24, 2.45) is 0 Å². The molecule has 0 aliphatic heterocycles. The molecule has 5 heteroatoms. The number of nitrogens with one attached hydrogen (secondary N) is 1. The number of esters is 1. The highest BCUT2D eigenvalue weighted by Crippen LogP contribution is 2.24. The topological polar surface area (TPSA) is 72.0 Å². The van der Waals surface area contributed by atoms with Crippen LogP contribution >= 0.6 is 0 Å². The molecule has 0 radical (unpaired) electrons. The van der Waals surface area contributed by atoms with E-state index < -0.39 is 11.5 Å². The van der Waals surface area contributed by atoms with Crippen LogP contribution in [0.1, 0.15) is 23.0 Å². The molecule has 1 aromatic heterocycles. The van der Waals surface area contributed by atoms with E-state index >= 15 is 0 Å². The summed E-state index contributed by atoms with van der Waals surface area (Å²) in [6.45, 7) is 3.65. The summed E-state index contributed by atoms with van der Waals surface area (Å²) in [7, 11) is 0. The van der Waals surface area contributed by atoms with Gasteiger partial charge in [0.15, 0.2) is 0 Å². The summed E-state index contributed by atoms with van der Waals surface area (Å²) in [6.07, 6.45) is 0. The first-order valence-electron chi connectivity index (χ1n) is 5.97. The maximum Gasteiger partial charge on any atom is 0.344 e. The van der Waals surface area contributed by atoms with Gasteiger partial charge in [-0.1, -0.05) is 30.3 Å². The Hall–Kier alpha value is -2.43. The molecule has 0 bridgehead atoms. The number of hydrogen-bond donors (Lipinski definition) is 1. The van der Waals surface area contributed by atoms with Crippen LogP contribution in [0.15, 0.2) is 35.1 Å². The zero-order chi connectivity index (χ0) is 13.8. The van der Waals surface area contributed by atoms with Crippen molar-refractivity contribution in [1.82, 2.24) is 10.2 Å². The van der Waals surface area contributed by atoms with Gasteiger partial charge in [-0.15, -0.1) is 0 Å². The Bertz CT molecular complexity index is 647. The van der Waals surface area contributed by atoms with Crippen molar-refractivity contribution in [1.29, 1.82) is 0 Å². The highest BCUT2D eigenvalue weighted by Gasteiger charge is 2.21. The van der Waals surface area contributed by atoms with E-state index in [0.29, 0.717) is 11.3 Å². The van der Waals surface area contributed by atoms with Crippen molar-refractivity contribution >= 4 is 5.97 Å². The Morgan fingerprint density at radius 1 is 1.32 bits per heavy atom. The van der Waals surface area contributed by atoms with Gasteiger partial charge in [0.05, 0.1) is 12.3 Å². The van der Waals surface area contributed by atoms with Crippen LogP contribution in [-0.2, 0) is 4.74 Å². The maximum absolute atomic E-state index is 11.9. The summed E-state index contributed by atoms with van der Waals surface area (Å²) in [4.78, 5) is 23.8. The fraction of sp³-hybridized carbons (Fsp3) is 0.214. The second kappa shape index (κ2) is 5.48. The number of nitrogens with zero attached hydrogens (tertiary/aromatic N) is 1. The van der Waals surface area contributed by atoms with Crippen molar-refractivity contribution in [3.05, 3.63) is 51.9 Å². The third-order valence-electron chi connectivity index (χ3n) is 2.71. The third-order valence-corrected chi connectivity index (χ3v) is 2.71. The molecule has 1 N–H and O–H groups in total. The molecule has 0 unspecified atom stereocenters. The number of H-pyrrole nitrogens is 1. The predicted molar refractivity (Wildman–Crippen MR) is 71.0 cm³/mol. The van der Waals surface area contributed by atoms with Crippen LogP contribution in [0.4, 0.5) is 0 Å². The van der Waals surface area contributed by atoms with Crippen LogP contribution < -0.4 is 5.56 Å². The smallest absolute Gasteiger partial charge is 0.344 e. The Balaban J connectivity index is 2.69. The van der Waals surface area contributed by atoms with Gasteiger partial charge in [-0.2, -0.15) is 5.10 Å². The van der Waals surface area contributed by atoms with Crippen molar-refractivity contribution in [2.45, 2.75) is 13.8 Å². The maximum atomic E-state index is 11.9. The van der Waals surface area contributed by atoms with E-state index in [4.69, 9.17) is 4.74 Å². The number of ether oxygens (including phenoxy) is 1. The lowest BCUT2D eigenvalue weighted by Crippen LogP contribution is -2.23. The number of carbonyl (C=O) groups excluding carboxylic acids is 1. The van der Waals surface area contributed by atoms with Crippen LogP contribution in [0.3, 0.4) is 0 Å². The molecule has 0 aliphatic rings. The lowest BCUT2D eigenvalue weighted by molar-refractivity contribution is 0.0525. The van der Waals surface area contributed by atoms with Crippen LogP contribution in [0.2, 0.25) is 0 Å². The van der Waals surface area contributed by atoms with Gasteiger partial charge in [0, 0.05) is 5.56 Å². The minimum atomic E-state index is -0.631. The van der Waals surface area contributed by atoms with E-state index in [1.54, 1.807) is 13.8 Å². The zero-order valence-corrected chi connectivity index (χ0v) is 10.8. The van der Waals surface area contributed by atoms with Crippen LogP contribution in [0, 0.1) is 6.92 Å². The second-order valence-corrected chi connectivity index (χ2v) is 3.97. The number of aromatic nitrogens is 2. The quantitative estimate of drug-likeness (QED) is 0.854. The molecule has 0 saturated heterocycles. The summed E-state index contributed by atoms with van der Waals surface area (Å²) in [5.41, 5.74) is 1.32. The van der Waals surface area contributed by atoms with Gasteiger partial charge >= 0.3 is 5.97 Å². The number of hydrogen-bond acceptors (Lipinski definition) is 4. The van der Waals surface area contributed by atoms with E-state index in [1.807, 2.05) is 30.3 Å². The summed E-state index contributed by atoms with van der Waals surface area (Å²) in [5.74, 6) is -0.631. The van der Waals surface area contributed by atoms with Crippen molar-refractivity contribution in [3.8, 4) is 11.1 Å². The largest absolute Gasteiger partial charge is 0.462 e. The average Bonchev–Trinajstić information content (AvgIpc) is 2.42. The summed E-state index contributed by atoms with van der Waals surface area (Å²) in [6, 6.07) is 9.19. The summed E-state index contributed by atoms with van der Waals surface area (Å²) < 4.78 is 4.94. The molecule has 0 spiro atoms. The van der Waals surface area contributed by atoms with Crippen LogP contribution in [0.5, 0.6) is 0 Å². The number of benzene rings is 1. The average molecular weight is 258 g/mol. The van der Waals surface area contributed by atoms with Gasteiger partial charge in [0.1, 0.15) is 5.56 Å². The molecular formula is C14H14N2O3. The van der Waals surface area contributed by atoms with E-state index in [9.17, 15) is 9.59 Å². The lowest BCUT2D eigenvalue weighted by atomic mass is 10.00. The minimum absolute atomic E-state index is 0.000509. The van der Waals surface area contributed by atoms with Crippen molar-refractivity contribution in [3.63, 3.8) is 0 Å². The van der Waals surface area contributed by atoms with E-state index in [0.717, 1.165) is 5.56 Å². The predicted octanol–water partition coefficient (Wildman–Crippen LogP) is 1.92. The minimum Gasteiger partial charge on any atom is -0.462 e. The van der Waals surface area contributed by atoms with E-state index in [-0.39, 0.29) is 12.2 Å². The first kappa shape index (κ1) is 13.0. The fourth-order valence-corrected chi connectivity index (χ4v) is 1.90. The molecule has 5 nitrogen and oxygen atoms in total. The Labute approximate surface area is 110 Å². The first-order valence-corrected chi connectivity index (χ1v) is 5.97. The Morgan fingerprint density at radius 2 is 2.00 bits per heavy atom. The normalized spacial score (nSPS) is 10.2. The highest BCUT2D eigenvalue weighted by atomic mass is 16.5. The molecule has 2 rings (SSSR count). The van der Waals surface area contributed by atoms with Gasteiger partial charge in [-0.05, 0) is 19.4 Å². The standard InChI is InChI=1S/C14H14N2O3/c1-3-19-14(18)12-11(9(2)15-16-13(12)17)10-7-5-4-6-8-10/h4-8H,3H2,1-2H3,(H,16,17). The van der Waals surface area contributed by atoms with Gasteiger partial charge in [0.25, 0.3) is 5.56 Å². The number of carbonyl (C=O) groups is 1. The van der Waals surface area contributed by atoms with Crippen molar-refractivity contribution < 1.29 is 9.53 Å². The first-order chi connectivity index (χ1) is 9.15. The molecule has 0 saturated carbocycles. The van der Waals surface area contributed by atoms with Gasteiger partial charge in [-0.25, -0.2) is 9.89 Å². The Morgan fingerprint density at radius 3 is 2.63 bits per heavy atom. The van der Waals surface area contributed by atoms with Gasteiger partial charge < -0.3 is 4.74 Å². The molecular weight excluding hydrogens is 244 g/mol. The van der Waals surface area contributed by atoms with E-state index in [2.05, 4.69) is 10.2 Å². The second-order valence-electron chi connectivity index (χ2n) is 3.97. The molecule has 2 aromatic rings. The molecule has 0 aliphatic carbocycles. The molecule has 98 valence electrons. The SMILES string of the molecule is CCOC(=O)c1c(-c2ccccc2)c(C)n[nH]c1=O. The molecule has 0 fully saturated rings. The van der Waals surface area contributed by atoms with Crippen molar-refractivity contribution in [2.75, 3.05) is 6.61 Å². The van der Waals surface area contributed by atoms with Gasteiger partial charge in [0.2, 0.25) is 0 Å². The summed E-state index contributed by atoms with van der Waals surface area (Å²) >= 11 is 0. The van der Waals surface area contributed by atoms with Crippen LogP contribution in [-0.4, -0.2) is 22.8 Å². The monoisotopic (exact) mass is 258 g/mol. The van der Waals surface area contributed by atoms with E-state index in [1.165, 1.54) is 0 Å². The number of rotatable bonds is 3. The number of aromatic amines is 1. The molecule has 0 atom stereocenters. The molecule has 0 amide bonds. The molecule has 1 aromatic carbocycles. The lowest BCUT2D eigenvalue weighted by Gasteiger charge is -2.10. The van der Waals surface area contributed by atoms with Crippen LogP contribution in [0.25, 0.3) is 11.1 Å². The molecule has 1 heterocycles. The summed E-state index contributed by atoms with van der Waals surface area (Å²) in [5, 5.41) is 6.22. The third kappa shape index (κ3) is 2.54. The van der Waals surface area contributed by atoms with Gasteiger partial charge in [-0.3, -0.25) is 4.79 Å². The Kier molecular flexibility index (Phi) is 3.75. The zero-order valence-electron chi connectivity index (χ0n) is 10.8. The highest BCUT2D eigenvalue weighted by molar-refractivity contribution is 5.97.